The van der Waals surface area contributed by atoms with Gasteiger partial charge in [-0.1, -0.05) is 42.0 Å². The lowest BCUT2D eigenvalue weighted by atomic mass is 10.1. The highest BCUT2D eigenvalue weighted by Gasteiger charge is 2.15. The van der Waals surface area contributed by atoms with E-state index in [0.717, 1.165) is 11.3 Å². The van der Waals surface area contributed by atoms with Crippen LogP contribution in [0.15, 0.2) is 72.8 Å². The molecule has 142 valence electrons. The molecule has 0 saturated carbocycles. The molecule has 0 fully saturated rings. The zero-order valence-electron chi connectivity index (χ0n) is 15.4. The summed E-state index contributed by atoms with van der Waals surface area (Å²) in [4.78, 5) is 22.7. The van der Waals surface area contributed by atoms with E-state index in [2.05, 4.69) is 5.32 Å². The van der Waals surface area contributed by atoms with Crippen LogP contribution in [0, 0.1) is 17.0 Å². The molecule has 0 aromatic heterocycles. The molecule has 3 aromatic rings. The van der Waals surface area contributed by atoms with Gasteiger partial charge in [0.05, 0.1) is 16.1 Å². The van der Waals surface area contributed by atoms with Crippen LogP contribution in [0.5, 0.6) is 0 Å². The monoisotopic (exact) mass is 376 g/mol. The maximum Gasteiger partial charge on any atom is 0.338 e. The predicted octanol–water partition coefficient (Wildman–Crippen LogP) is 4.87. The number of nitrogens with zero attached hydrogens (tertiary/aromatic N) is 1. The molecule has 0 atom stereocenters. The van der Waals surface area contributed by atoms with Crippen molar-refractivity contribution in [3.05, 3.63) is 105 Å². The molecule has 0 radical (unpaired) electrons. The summed E-state index contributed by atoms with van der Waals surface area (Å²) < 4.78 is 5.23. The number of anilines is 1. The minimum absolute atomic E-state index is 0.0622. The summed E-state index contributed by atoms with van der Waals surface area (Å²) >= 11 is 0. The molecule has 3 aromatic carbocycles. The SMILES string of the molecule is Cc1ccc(NCc2ccc(C(=O)OCc3ccccc3[N+](=O)[O-])cc2)cc1. The van der Waals surface area contributed by atoms with E-state index in [4.69, 9.17) is 4.74 Å². The number of benzene rings is 3. The minimum Gasteiger partial charge on any atom is -0.457 e. The van der Waals surface area contributed by atoms with Gasteiger partial charge in [-0.05, 0) is 42.8 Å². The molecule has 6 heteroatoms. The first-order valence-corrected chi connectivity index (χ1v) is 8.82. The largest absolute Gasteiger partial charge is 0.457 e. The average Bonchev–Trinajstić information content (AvgIpc) is 2.72. The molecule has 0 aliphatic rings. The third-order valence-electron chi connectivity index (χ3n) is 4.28. The van der Waals surface area contributed by atoms with Crippen molar-refractivity contribution in [2.24, 2.45) is 0 Å². The van der Waals surface area contributed by atoms with E-state index in [9.17, 15) is 14.9 Å². The molecular formula is C22H20N2O4. The number of nitro benzene ring substituents is 1. The summed E-state index contributed by atoms with van der Waals surface area (Å²) in [5, 5.41) is 14.3. The molecule has 1 N–H and O–H groups in total. The number of carbonyl (C=O) groups is 1. The average molecular weight is 376 g/mol. The van der Waals surface area contributed by atoms with Gasteiger partial charge in [0.25, 0.3) is 5.69 Å². The molecule has 0 aliphatic heterocycles. The zero-order valence-corrected chi connectivity index (χ0v) is 15.4. The maximum absolute atomic E-state index is 12.2. The Labute approximate surface area is 162 Å². The summed E-state index contributed by atoms with van der Waals surface area (Å²) in [6, 6.07) is 21.4. The van der Waals surface area contributed by atoms with Gasteiger partial charge in [-0.25, -0.2) is 4.79 Å². The number of hydrogen-bond acceptors (Lipinski definition) is 5. The van der Waals surface area contributed by atoms with Crippen LogP contribution in [0.4, 0.5) is 11.4 Å². The number of nitro groups is 1. The van der Waals surface area contributed by atoms with E-state index in [-0.39, 0.29) is 12.3 Å². The van der Waals surface area contributed by atoms with Crippen molar-refractivity contribution in [1.82, 2.24) is 0 Å². The second-order valence-corrected chi connectivity index (χ2v) is 6.38. The predicted molar refractivity (Wildman–Crippen MR) is 107 cm³/mol. The van der Waals surface area contributed by atoms with Crippen LogP contribution < -0.4 is 5.32 Å². The molecule has 0 unspecified atom stereocenters. The standard InChI is InChI=1S/C22H20N2O4/c1-16-6-12-20(13-7-16)23-14-17-8-10-18(11-9-17)22(25)28-15-19-4-2-3-5-21(19)24(26)27/h2-13,23H,14-15H2,1H3. The maximum atomic E-state index is 12.2. The molecule has 28 heavy (non-hydrogen) atoms. The first-order valence-electron chi connectivity index (χ1n) is 8.82. The topological polar surface area (TPSA) is 81.5 Å². The lowest BCUT2D eigenvalue weighted by Crippen LogP contribution is -2.07. The lowest BCUT2D eigenvalue weighted by Gasteiger charge is -2.08. The van der Waals surface area contributed by atoms with Crippen LogP contribution in [0.2, 0.25) is 0 Å². The molecule has 0 amide bonds. The summed E-state index contributed by atoms with van der Waals surface area (Å²) in [5.41, 5.74) is 3.95. The molecule has 3 rings (SSSR count). The number of esters is 1. The Hall–Kier alpha value is -3.67. The highest BCUT2D eigenvalue weighted by molar-refractivity contribution is 5.89. The normalized spacial score (nSPS) is 10.3. The van der Waals surface area contributed by atoms with Crippen LogP contribution in [0.3, 0.4) is 0 Å². The second-order valence-electron chi connectivity index (χ2n) is 6.38. The van der Waals surface area contributed by atoms with E-state index in [0.29, 0.717) is 17.7 Å². The van der Waals surface area contributed by atoms with Gasteiger partial charge in [-0.15, -0.1) is 0 Å². The molecule has 0 aliphatic carbocycles. The summed E-state index contributed by atoms with van der Waals surface area (Å²) in [7, 11) is 0. The van der Waals surface area contributed by atoms with Gasteiger partial charge in [-0.2, -0.15) is 0 Å². The Kier molecular flexibility index (Phi) is 6.01. The summed E-state index contributed by atoms with van der Waals surface area (Å²) in [6.45, 7) is 2.53. The molecule has 0 saturated heterocycles. The van der Waals surface area contributed by atoms with Crippen molar-refractivity contribution in [2.45, 2.75) is 20.1 Å². The van der Waals surface area contributed by atoms with E-state index >= 15 is 0 Å². The highest BCUT2D eigenvalue weighted by Crippen LogP contribution is 2.19. The second kappa shape index (κ2) is 8.81. The Bertz CT molecular complexity index is 967. The van der Waals surface area contributed by atoms with Crippen LogP contribution in [0.25, 0.3) is 0 Å². The molecule has 0 bridgehead atoms. The van der Waals surface area contributed by atoms with Crippen LogP contribution in [-0.4, -0.2) is 10.9 Å². The van der Waals surface area contributed by atoms with Crippen LogP contribution >= 0.6 is 0 Å². The van der Waals surface area contributed by atoms with Crippen molar-refractivity contribution in [1.29, 1.82) is 0 Å². The molecule has 6 nitrogen and oxygen atoms in total. The Morgan fingerprint density at radius 3 is 2.36 bits per heavy atom. The third-order valence-corrected chi connectivity index (χ3v) is 4.28. The van der Waals surface area contributed by atoms with Gasteiger partial charge in [0, 0.05) is 18.3 Å². The van der Waals surface area contributed by atoms with E-state index in [1.807, 2.05) is 43.3 Å². The first kappa shape index (κ1) is 19.1. The Morgan fingerprint density at radius 1 is 1.00 bits per heavy atom. The number of rotatable bonds is 7. The van der Waals surface area contributed by atoms with Gasteiger partial charge < -0.3 is 10.1 Å². The minimum atomic E-state index is -0.517. The van der Waals surface area contributed by atoms with Crippen molar-refractivity contribution in [3.63, 3.8) is 0 Å². The number of nitrogens with one attached hydrogen (secondary N) is 1. The Balaban J connectivity index is 1.56. The molecular weight excluding hydrogens is 356 g/mol. The van der Waals surface area contributed by atoms with Crippen molar-refractivity contribution in [3.8, 4) is 0 Å². The number of hydrogen-bond donors (Lipinski definition) is 1. The number of ether oxygens (including phenoxy) is 1. The summed E-state index contributed by atoms with van der Waals surface area (Å²) in [6.07, 6.45) is 0. The van der Waals surface area contributed by atoms with Crippen LogP contribution in [-0.2, 0) is 17.9 Å². The fraction of sp³-hybridized carbons (Fsp3) is 0.136. The smallest absolute Gasteiger partial charge is 0.338 e. The fourth-order valence-electron chi connectivity index (χ4n) is 2.67. The van der Waals surface area contributed by atoms with Crippen LogP contribution in [0.1, 0.15) is 27.0 Å². The molecule has 0 spiro atoms. The number of para-hydroxylation sites is 1. The van der Waals surface area contributed by atoms with Gasteiger partial charge in [0.1, 0.15) is 6.61 Å². The van der Waals surface area contributed by atoms with Crippen molar-refractivity contribution in [2.75, 3.05) is 5.32 Å². The van der Waals surface area contributed by atoms with E-state index in [1.165, 1.54) is 11.6 Å². The molecule has 0 heterocycles. The third kappa shape index (κ3) is 4.94. The van der Waals surface area contributed by atoms with Crippen molar-refractivity contribution >= 4 is 17.3 Å². The fourth-order valence-corrected chi connectivity index (χ4v) is 2.67. The first-order chi connectivity index (χ1) is 13.5. The Morgan fingerprint density at radius 2 is 1.68 bits per heavy atom. The van der Waals surface area contributed by atoms with Gasteiger partial charge in [0.15, 0.2) is 0 Å². The summed E-state index contributed by atoms with van der Waals surface area (Å²) in [5.74, 6) is -0.517. The number of carbonyl (C=O) groups excluding carboxylic acids is 1. The zero-order chi connectivity index (χ0) is 19.9. The van der Waals surface area contributed by atoms with Gasteiger partial charge in [-0.3, -0.25) is 10.1 Å². The van der Waals surface area contributed by atoms with E-state index < -0.39 is 10.9 Å². The van der Waals surface area contributed by atoms with Gasteiger partial charge >= 0.3 is 5.97 Å². The van der Waals surface area contributed by atoms with E-state index in [1.54, 1.807) is 30.3 Å². The number of aryl methyl sites for hydroxylation is 1. The lowest BCUT2D eigenvalue weighted by molar-refractivity contribution is -0.385. The quantitative estimate of drug-likeness (QED) is 0.361. The van der Waals surface area contributed by atoms with Crippen molar-refractivity contribution < 1.29 is 14.5 Å². The highest BCUT2D eigenvalue weighted by atomic mass is 16.6. The van der Waals surface area contributed by atoms with Gasteiger partial charge in [0.2, 0.25) is 0 Å².